The average molecular weight is 388 g/mol. The molecule has 130 valence electrons. The van der Waals surface area contributed by atoms with E-state index in [9.17, 15) is 4.79 Å². The van der Waals surface area contributed by atoms with Gasteiger partial charge in [-0.3, -0.25) is 4.79 Å². The van der Waals surface area contributed by atoms with E-state index in [-0.39, 0.29) is 17.7 Å². The maximum atomic E-state index is 11.9. The summed E-state index contributed by atoms with van der Waals surface area (Å²) in [4.78, 5) is 11.9. The van der Waals surface area contributed by atoms with Gasteiger partial charge in [0.25, 0.3) is 0 Å². The number of halogens is 2. The molecule has 0 aliphatic heterocycles. The molecule has 1 atom stereocenters. The average Bonchev–Trinajstić information content (AvgIpc) is 2.86. The van der Waals surface area contributed by atoms with Gasteiger partial charge in [0.1, 0.15) is 0 Å². The molecule has 24 heavy (non-hydrogen) atoms. The third kappa shape index (κ3) is 4.55. The van der Waals surface area contributed by atoms with Crippen LogP contribution in [0.15, 0.2) is 23.4 Å². The minimum absolute atomic E-state index is 0.0738. The van der Waals surface area contributed by atoms with Crippen molar-refractivity contribution < 1.29 is 4.79 Å². The number of nitrogens with one attached hydrogen (secondary N) is 1. The van der Waals surface area contributed by atoms with Gasteiger partial charge in [0.15, 0.2) is 5.82 Å². The van der Waals surface area contributed by atoms with E-state index < -0.39 is 0 Å². The number of hydrogen-bond donors (Lipinski definition) is 2. The number of thioether (sulfide) groups is 1. The van der Waals surface area contributed by atoms with Gasteiger partial charge in [-0.1, -0.05) is 48.8 Å². The molecule has 2 aromatic rings. The lowest BCUT2D eigenvalue weighted by Crippen LogP contribution is -2.37. The molecule has 0 aliphatic carbocycles. The van der Waals surface area contributed by atoms with Crippen LogP contribution in [0.2, 0.25) is 10.0 Å². The van der Waals surface area contributed by atoms with Crippen molar-refractivity contribution in [1.29, 1.82) is 0 Å². The van der Waals surface area contributed by atoms with E-state index in [1.807, 2.05) is 6.92 Å². The Bertz CT molecular complexity index is 735. The number of amides is 1. The van der Waals surface area contributed by atoms with Gasteiger partial charge in [0, 0.05) is 16.6 Å². The zero-order valence-electron chi connectivity index (χ0n) is 13.6. The summed E-state index contributed by atoms with van der Waals surface area (Å²) in [5, 5.41) is 12.4. The summed E-state index contributed by atoms with van der Waals surface area (Å²) in [6.07, 6.45) is 0. The molecule has 0 aliphatic rings. The molecule has 1 aromatic carbocycles. The first-order valence-electron chi connectivity index (χ1n) is 7.37. The molecule has 0 unspecified atom stereocenters. The summed E-state index contributed by atoms with van der Waals surface area (Å²) in [6.45, 7) is 6.08. The highest BCUT2D eigenvalue weighted by Crippen LogP contribution is 2.30. The largest absolute Gasteiger partial charge is 0.353 e. The minimum atomic E-state index is -0.0738. The molecular formula is C15H19Cl2N5OS. The number of nitrogen functional groups attached to an aromatic ring is 1. The maximum absolute atomic E-state index is 11.9. The molecule has 3 N–H and O–H groups in total. The number of nitrogens with two attached hydrogens (primary N) is 1. The van der Waals surface area contributed by atoms with E-state index in [0.717, 1.165) is 0 Å². The molecule has 1 amide bonds. The van der Waals surface area contributed by atoms with Gasteiger partial charge in [0.2, 0.25) is 11.1 Å². The predicted molar refractivity (Wildman–Crippen MR) is 98.8 cm³/mol. The number of hydrogen-bond acceptors (Lipinski definition) is 5. The Balaban J connectivity index is 2.06. The van der Waals surface area contributed by atoms with E-state index in [1.165, 1.54) is 16.4 Å². The Labute approximate surface area is 155 Å². The number of rotatable bonds is 6. The molecule has 0 saturated carbocycles. The third-order valence-electron chi connectivity index (χ3n) is 3.56. The van der Waals surface area contributed by atoms with Gasteiger partial charge < -0.3 is 11.2 Å². The first-order chi connectivity index (χ1) is 11.3. The van der Waals surface area contributed by atoms with Gasteiger partial charge in [-0.2, -0.15) is 0 Å². The number of aromatic nitrogens is 3. The van der Waals surface area contributed by atoms with E-state index in [4.69, 9.17) is 29.0 Å². The Hall–Kier alpha value is -1.44. The summed E-state index contributed by atoms with van der Waals surface area (Å²) < 4.78 is 1.32. The molecule has 0 bridgehead atoms. The van der Waals surface area contributed by atoms with Crippen molar-refractivity contribution in [1.82, 2.24) is 20.2 Å². The molecule has 0 fully saturated rings. The smallest absolute Gasteiger partial charge is 0.230 e. The second-order valence-electron chi connectivity index (χ2n) is 5.69. The van der Waals surface area contributed by atoms with Crippen molar-refractivity contribution in [2.45, 2.75) is 32.0 Å². The van der Waals surface area contributed by atoms with Crippen LogP contribution >= 0.6 is 35.0 Å². The van der Waals surface area contributed by atoms with Gasteiger partial charge >= 0.3 is 0 Å². The number of benzene rings is 1. The second-order valence-corrected chi connectivity index (χ2v) is 7.48. The van der Waals surface area contributed by atoms with Crippen LogP contribution in [-0.2, 0) is 4.79 Å². The monoisotopic (exact) mass is 387 g/mol. The SMILES string of the molecule is CC(C)[C@H](C)NC(=O)CSc1nnc(-c2ccc(Cl)cc2Cl)n1N. The van der Waals surface area contributed by atoms with Crippen LogP contribution in [0.5, 0.6) is 0 Å². The second kappa shape index (κ2) is 8.09. The van der Waals surface area contributed by atoms with Crippen molar-refractivity contribution in [2.24, 2.45) is 5.92 Å². The van der Waals surface area contributed by atoms with Crippen LogP contribution in [0.1, 0.15) is 20.8 Å². The van der Waals surface area contributed by atoms with Crippen molar-refractivity contribution >= 4 is 40.9 Å². The standard InChI is InChI=1S/C15H19Cl2N5OS/c1-8(2)9(3)19-13(23)7-24-15-21-20-14(22(15)18)11-5-4-10(16)6-12(11)17/h4-6,8-9H,7,18H2,1-3H3,(H,19,23)/t9-/m0/s1. The fourth-order valence-corrected chi connectivity index (χ4v) is 2.98. The molecule has 9 heteroatoms. The zero-order chi connectivity index (χ0) is 17.9. The molecule has 0 spiro atoms. The Morgan fingerprint density at radius 2 is 2.04 bits per heavy atom. The summed E-state index contributed by atoms with van der Waals surface area (Å²) in [5.41, 5.74) is 0.626. The van der Waals surface area contributed by atoms with Crippen LogP contribution in [0.4, 0.5) is 0 Å². The molecule has 0 saturated heterocycles. The molecule has 2 rings (SSSR count). The Kier molecular flexibility index (Phi) is 6.37. The van der Waals surface area contributed by atoms with Crippen LogP contribution < -0.4 is 11.2 Å². The van der Waals surface area contributed by atoms with Gasteiger partial charge in [-0.15, -0.1) is 10.2 Å². The van der Waals surface area contributed by atoms with Crippen molar-refractivity contribution in [3.8, 4) is 11.4 Å². The minimum Gasteiger partial charge on any atom is -0.353 e. The summed E-state index contributed by atoms with van der Waals surface area (Å²) >= 11 is 13.3. The van der Waals surface area contributed by atoms with Crippen LogP contribution in [-0.4, -0.2) is 32.6 Å². The molecule has 1 heterocycles. The van der Waals surface area contributed by atoms with Crippen LogP contribution in [0, 0.1) is 5.92 Å². The molecular weight excluding hydrogens is 369 g/mol. The van der Waals surface area contributed by atoms with Gasteiger partial charge in [-0.05, 0) is 31.0 Å². The predicted octanol–water partition coefficient (Wildman–Crippen LogP) is 3.22. The highest BCUT2D eigenvalue weighted by Gasteiger charge is 2.17. The third-order valence-corrected chi connectivity index (χ3v) is 5.05. The molecule has 1 aromatic heterocycles. The number of nitrogens with zero attached hydrogens (tertiary/aromatic N) is 3. The molecule has 6 nitrogen and oxygen atoms in total. The quantitative estimate of drug-likeness (QED) is 0.586. The molecule has 0 radical (unpaired) electrons. The maximum Gasteiger partial charge on any atom is 0.230 e. The highest BCUT2D eigenvalue weighted by molar-refractivity contribution is 7.99. The van der Waals surface area contributed by atoms with Gasteiger partial charge in [-0.25, -0.2) is 4.68 Å². The lowest BCUT2D eigenvalue weighted by Gasteiger charge is -2.17. The van der Waals surface area contributed by atoms with Crippen molar-refractivity contribution in [2.75, 3.05) is 11.6 Å². The number of carbonyl (C=O) groups is 1. The van der Waals surface area contributed by atoms with Crippen LogP contribution in [0.3, 0.4) is 0 Å². The van der Waals surface area contributed by atoms with Gasteiger partial charge in [0.05, 0.1) is 10.8 Å². The first kappa shape index (κ1) is 18.9. The zero-order valence-corrected chi connectivity index (χ0v) is 15.9. The first-order valence-corrected chi connectivity index (χ1v) is 9.11. The lowest BCUT2D eigenvalue weighted by molar-refractivity contribution is -0.119. The van der Waals surface area contributed by atoms with Crippen molar-refractivity contribution in [3.05, 3.63) is 28.2 Å². The lowest BCUT2D eigenvalue weighted by atomic mass is 10.1. The topological polar surface area (TPSA) is 85.8 Å². The fourth-order valence-electron chi connectivity index (χ4n) is 1.82. The van der Waals surface area contributed by atoms with E-state index >= 15 is 0 Å². The summed E-state index contributed by atoms with van der Waals surface area (Å²) in [6, 6.07) is 5.15. The highest BCUT2D eigenvalue weighted by atomic mass is 35.5. The van der Waals surface area contributed by atoms with E-state index in [2.05, 4.69) is 29.4 Å². The number of carbonyl (C=O) groups excluding carboxylic acids is 1. The summed E-state index contributed by atoms with van der Waals surface area (Å²) in [7, 11) is 0. The van der Waals surface area contributed by atoms with E-state index in [1.54, 1.807) is 18.2 Å². The normalized spacial score (nSPS) is 12.4. The Morgan fingerprint density at radius 1 is 1.33 bits per heavy atom. The summed E-state index contributed by atoms with van der Waals surface area (Å²) in [5.74, 6) is 6.94. The van der Waals surface area contributed by atoms with Crippen LogP contribution in [0.25, 0.3) is 11.4 Å². The van der Waals surface area contributed by atoms with E-state index in [0.29, 0.717) is 32.5 Å². The fraction of sp³-hybridized carbons (Fsp3) is 0.400. The Morgan fingerprint density at radius 3 is 2.67 bits per heavy atom. The van der Waals surface area contributed by atoms with Crippen molar-refractivity contribution in [3.63, 3.8) is 0 Å².